The van der Waals surface area contributed by atoms with Crippen molar-refractivity contribution >= 4 is 17.7 Å². The number of carbonyl (C=O) groups is 3. The lowest BCUT2D eigenvalue weighted by Crippen LogP contribution is -2.60. The van der Waals surface area contributed by atoms with Gasteiger partial charge in [-0.3, -0.25) is 14.4 Å². The second-order valence-electron chi connectivity index (χ2n) is 8.21. The maximum absolute atomic E-state index is 13.1. The Morgan fingerprint density at radius 1 is 0.966 bits per heavy atom. The van der Waals surface area contributed by atoms with Crippen molar-refractivity contribution in [3.05, 3.63) is 29.8 Å². The topological polar surface area (TPSA) is 79.0 Å². The van der Waals surface area contributed by atoms with Crippen LogP contribution in [0, 0.1) is 0 Å². The maximum Gasteiger partial charge on any atom is 0.260 e. The summed E-state index contributed by atoms with van der Waals surface area (Å²) in [7, 11) is 0. The lowest BCUT2D eigenvalue weighted by Gasteiger charge is -2.40. The van der Waals surface area contributed by atoms with Crippen molar-refractivity contribution in [3.8, 4) is 5.75 Å². The van der Waals surface area contributed by atoms with Gasteiger partial charge in [0, 0.05) is 31.7 Å². The number of rotatable bonds is 4. The molecule has 7 nitrogen and oxygen atoms in total. The molecular weight excluding hydrogens is 370 g/mol. The molecule has 4 rings (SSSR count). The minimum atomic E-state index is -0.689. The second kappa shape index (κ2) is 8.43. The van der Waals surface area contributed by atoms with Crippen LogP contribution in [-0.4, -0.2) is 65.8 Å². The molecule has 1 unspecified atom stereocenters. The lowest BCUT2D eigenvalue weighted by molar-refractivity contribution is -0.134. The molecule has 3 amide bonds. The number of hydrogen-bond acceptors (Lipinski definition) is 4. The quantitative estimate of drug-likeness (QED) is 0.840. The molecule has 1 aromatic rings. The van der Waals surface area contributed by atoms with Gasteiger partial charge in [-0.05, 0) is 69.2 Å². The van der Waals surface area contributed by atoms with Crippen LogP contribution in [0.4, 0.5) is 0 Å². The summed E-state index contributed by atoms with van der Waals surface area (Å²) < 4.78 is 5.63. The predicted octanol–water partition coefficient (Wildman–Crippen LogP) is 1.96. The smallest absolute Gasteiger partial charge is 0.260 e. The summed E-state index contributed by atoms with van der Waals surface area (Å²) in [6.45, 7) is 2.92. The number of nitrogens with one attached hydrogen (secondary N) is 1. The second-order valence-corrected chi connectivity index (χ2v) is 8.21. The first-order chi connectivity index (χ1) is 14.1. The zero-order valence-corrected chi connectivity index (χ0v) is 16.8. The lowest BCUT2D eigenvalue weighted by atomic mass is 9.86. The Balaban J connectivity index is 1.38. The molecule has 3 aliphatic heterocycles. The highest BCUT2D eigenvalue weighted by molar-refractivity contribution is 6.00. The van der Waals surface area contributed by atoms with Crippen molar-refractivity contribution in [2.75, 3.05) is 32.8 Å². The van der Waals surface area contributed by atoms with Gasteiger partial charge in [-0.2, -0.15) is 0 Å². The maximum atomic E-state index is 13.1. The molecule has 0 aromatic heterocycles. The van der Waals surface area contributed by atoms with Crippen LogP contribution >= 0.6 is 0 Å². The SMILES string of the molecule is O=C(COc1ccc(C(=O)N2CCCC23CCCNC3=O)cc1)N1CCCCC1. The normalized spacial score (nSPS) is 24.5. The molecule has 0 saturated carbocycles. The Morgan fingerprint density at radius 3 is 2.41 bits per heavy atom. The Morgan fingerprint density at radius 2 is 1.69 bits per heavy atom. The highest BCUT2D eigenvalue weighted by Gasteiger charge is 2.50. The molecule has 3 saturated heterocycles. The molecule has 29 heavy (non-hydrogen) atoms. The number of ether oxygens (including phenoxy) is 1. The first-order valence-electron chi connectivity index (χ1n) is 10.7. The highest BCUT2D eigenvalue weighted by Crippen LogP contribution is 2.36. The average Bonchev–Trinajstić information content (AvgIpc) is 3.19. The van der Waals surface area contributed by atoms with Crippen molar-refractivity contribution in [1.29, 1.82) is 0 Å². The number of hydrogen-bond donors (Lipinski definition) is 1. The fraction of sp³-hybridized carbons (Fsp3) is 0.591. The third-order valence-corrected chi connectivity index (χ3v) is 6.38. The monoisotopic (exact) mass is 399 g/mol. The van der Waals surface area contributed by atoms with Crippen LogP contribution in [0.1, 0.15) is 55.3 Å². The average molecular weight is 399 g/mol. The molecule has 0 bridgehead atoms. The van der Waals surface area contributed by atoms with E-state index in [1.165, 1.54) is 6.42 Å². The van der Waals surface area contributed by atoms with Crippen molar-refractivity contribution in [1.82, 2.24) is 15.1 Å². The van der Waals surface area contributed by atoms with Gasteiger partial charge in [0.2, 0.25) is 5.91 Å². The predicted molar refractivity (Wildman–Crippen MR) is 108 cm³/mol. The summed E-state index contributed by atoms with van der Waals surface area (Å²) >= 11 is 0. The van der Waals surface area contributed by atoms with Crippen molar-refractivity contribution < 1.29 is 19.1 Å². The van der Waals surface area contributed by atoms with Gasteiger partial charge in [0.1, 0.15) is 11.3 Å². The van der Waals surface area contributed by atoms with Crippen LogP contribution in [0.5, 0.6) is 5.75 Å². The molecule has 3 fully saturated rings. The molecule has 156 valence electrons. The fourth-order valence-electron chi connectivity index (χ4n) is 4.76. The van der Waals surface area contributed by atoms with Gasteiger partial charge in [0.15, 0.2) is 6.61 Å². The van der Waals surface area contributed by atoms with E-state index in [-0.39, 0.29) is 24.3 Å². The van der Waals surface area contributed by atoms with Crippen LogP contribution in [0.3, 0.4) is 0 Å². The Kier molecular flexibility index (Phi) is 5.74. The first-order valence-corrected chi connectivity index (χ1v) is 10.7. The minimum absolute atomic E-state index is 0.00664. The molecule has 1 spiro atoms. The Bertz CT molecular complexity index is 773. The number of nitrogens with zero attached hydrogens (tertiary/aromatic N) is 2. The number of carbonyl (C=O) groups excluding carboxylic acids is 3. The number of piperidine rings is 2. The molecule has 0 aliphatic carbocycles. The molecule has 3 heterocycles. The zero-order valence-electron chi connectivity index (χ0n) is 16.8. The molecule has 3 aliphatic rings. The molecule has 7 heteroatoms. The van der Waals surface area contributed by atoms with E-state index < -0.39 is 5.54 Å². The van der Waals surface area contributed by atoms with Crippen LogP contribution in [0.2, 0.25) is 0 Å². The molecular formula is C22H29N3O4. The third-order valence-electron chi connectivity index (χ3n) is 6.38. The standard InChI is InChI=1S/C22H29N3O4/c26-19(24-13-2-1-3-14-24)16-29-18-8-6-17(7-9-18)20(27)25-15-5-11-22(25)10-4-12-23-21(22)28/h6-9H,1-5,10-16H2,(H,23,28). The zero-order chi connectivity index (χ0) is 20.3. The van der Waals surface area contributed by atoms with Crippen molar-refractivity contribution in [2.24, 2.45) is 0 Å². The van der Waals surface area contributed by atoms with E-state index in [1.807, 2.05) is 4.90 Å². The number of likely N-dealkylation sites (tertiary alicyclic amines) is 2. The van der Waals surface area contributed by atoms with E-state index in [4.69, 9.17) is 4.74 Å². The van der Waals surface area contributed by atoms with E-state index >= 15 is 0 Å². The Hall–Kier alpha value is -2.57. The van der Waals surface area contributed by atoms with Gasteiger partial charge in [-0.25, -0.2) is 0 Å². The van der Waals surface area contributed by atoms with Gasteiger partial charge in [-0.1, -0.05) is 0 Å². The van der Waals surface area contributed by atoms with Crippen molar-refractivity contribution in [2.45, 2.75) is 50.5 Å². The van der Waals surface area contributed by atoms with Crippen molar-refractivity contribution in [3.63, 3.8) is 0 Å². The summed E-state index contributed by atoms with van der Waals surface area (Å²) in [6, 6.07) is 6.88. The van der Waals surface area contributed by atoms with Crippen LogP contribution in [0.15, 0.2) is 24.3 Å². The number of amides is 3. The minimum Gasteiger partial charge on any atom is -0.484 e. The van der Waals surface area contributed by atoms with Gasteiger partial charge >= 0.3 is 0 Å². The van der Waals surface area contributed by atoms with Gasteiger partial charge < -0.3 is 19.9 Å². The number of benzene rings is 1. The van der Waals surface area contributed by atoms with Crippen LogP contribution < -0.4 is 10.1 Å². The Labute approximate surface area is 171 Å². The van der Waals surface area contributed by atoms with E-state index in [0.29, 0.717) is 24.4 Å². The highest BCUT2D eigenvalue weighted by atomic mass is 16.5. The van der Waals surface area contributed by atoms with Gasteiger partial charge in [0.05, 0.1) is 0 Å². The van der Waals surface area contributed by atoms with Gasteiger partial charge in [-0.15, -0.1) is 0 Å². The molecule has 1 N–H and O–H groups in total. The van der Waals surface area contributed by atoms with E-state index in [0.717, 1.165) is 51.6 Å². The van der Waals surface area contributed by atoms with E-state index in [9.17, 15) is 14.4 Å². The van der Waals surface area contributed by atoms with Crippen LogP contribution in [0.25, 0.3) is 0 Å². The molecule has 1 atom stereocenters. The molecule has 0 radical (unpaired) electrons. The summed E-state index contributed by atoms with van der Waals surface area (Å²) in [6.07, 6.45) is 6.48. The summed E-state index contributed by atoms with van der Waals surface area (Å²) in [5, 5.41) is 2.93. The third kappa shape index (κ3) is 3.95. The summed E-state index contributed by atoms with van der Waals surface area (Å²) in [5.41, 5.74) is -0.148. The summed E-state index contributed by atoms with van der Waals surface area (Å²) in [5.74, 6) is 0.437. The fourth-order valence-corrected chi connectivity index (χ4v) is 4.76. The van der Waals surface area contributed by atoms with Gasteiger partial charge in [0.25, 0.3) is 11.8 Å². The van der Waals surface area contributed by atoms with E-state index in [1.54, 1.807) is 29.2 Å². The van der Waals surface area contributed by atoms with Crippen LogP contribution in [-0.2, 0) is 9.59 Å². The largest absolute Gasteiger partial charge is 0.484 e. The molecule has 1 aromatic carbocycles. The first kappa shape index (κ1) is 19.7. The van der Waals surface area contributed by atoms with E-state index in [2.05, 4.69) is 5.32 Å². The summed E-state index contributed by atoms with van der Waals surface area (Å²) in [4.78, 5) is 41.5.